The average Bonchev–Trinajstić information content (AvgIpc) is 3.37. The highest BCUT2D eigenvalue weighted by Gasteiger charge is 2.30. The van der Waals surface area contributed by atoms with E-state index in [0.29, 0.717) is 25.2 Å². The van der Waals surface area contributed by atoms with Crippen molar-refractivity contribution in [3.8, 4) is 0 Å². The fraction of sp³-hybridized carbons (Fsp3) is 0.385. The van der Waals surface area contributed by atoms with Crippen molar-refractivity contribution in [2.75, 3.05) is 13.1 Å². The smallest absolute Gasteiger partial charge is 0.326 e. The van der Waals surface area contributed by atoms with Crippen molar-refractivity contribution in [2.24, 2.45) is 5.92 Å². The van der Waals surface area contributed by atoms with Gasteiger partial charge in [-0.25, -0.2) is 9.78 Å². The highest BCUT2D eigenvalue weighted by atomic mass is 16.4. The van der Waals surface area contributed by atoms with Gasteiger partial charge in [-0.15, -0.1) is 0 Å². The number of carbonyl (C=O) groups is 3. The van der Waals surface area contributed by atoms with E-state index in [1.807, 2.05) is 47.4 Å². The second-order valence-electron chi connectivity index (χ2n) is 8.87. The highest BCUT2D eigenvalue weighted by Crippen LogP contribution is 2.24. The average molecular weight is 463 g/mol. The number of aromatic amines is 1. The number of aromatic nitrogens is 2. The first-order valence-electron chi connectivity index (χ1n) is 11.8. The van der Waals surface area contributed by atoms with E-state index in [1.54, 1.807) is 0 Å². The van der Waals surface area contributed by atoms with Gasteiger partial charge in [-0.1, -0.05) is 42.5 Å². The maximum Gasteiger partial charge on any atom is 0.326 e. The molecule has 1 aliphatic rings. The van der Waals surface area contributed by atoms with Crippen molar-refractivity contribution in [1.82, 2.24) is 20.2 Å². The molecule has 1 aliphatic heterocycles. The maximum atomic E-state index is 13.4. The molecule has 0 radical (unpaired) electrons. The molecule has 0 bridgehead atoms. The number of rotatable bonds is 9. The van der Waals surface area contributed by atoms with Crippen LogP contribution in [0.15, 0.2) is 55.0 Å². The van der Waals surface area contributed by atoms with Crippen LogP contribution >= 0.6 is 0 Å². The fourth-order valence-corrected chi connectivity index (χ4v) is 4.58. The number of nitrogens with zero attached hydrogens (tertiary/aromatic N) is 2. The molecule has 8 nitrogen and oxygen atoms in total. The van der Waals surface area contributed by atoms with Gasteiger partial charge in [0.15, 0.2) is 0 Å². The zero-order valence-corrected chi connectivity index (χ0v) is 19.1. The lowest BCUT2D eigenvalue weighted by atomic mass is 9.91. The minimum Gasteiger partial charge on any atom is -0.480 e. The molecule has 4 rings (SSSR count). The van der Waals surface area contributed by atoms with Gasteiger partial charge in [0.25, 0.3) is 0 Å². The molecule has 0 aliphatic carbocycles. The topological polar surface area (TPSA) is 115 Å². The van der Waals surface area contributed by atoms with Crippen LogP contribution in [-0.4, -0.2) is 56.9 Å². The van der Waals surface area contributed by atoms with Gasteiger partial charge >= 0.3 is 5.97 Å². The number of carboxylic acids is 1. The van der Waals surface area contributed by atoms with Crippen LogP contribution in [0.5, 0.6) is 0 Å². The van der Waals surface area contributed by atoms with Crippen molar-refractivity contribution >= 4 is 28.6 Å². The molecule has 2 heterocycles. The van der Waals surface area contributed by atoms with Crippen LogP contribution in [-0.2, 0) is 27.2 Å². The van der Waals surface area contributed by atoms with Crippen molar-refractivity contribution in [2.45, 2.75) is 44.6 Å². The van der Waals surface area contributed by atoms with Crippen LogP contribution in [0.3, 0.4) is 0 Å². The molecule has 1 saturated heterocycles. The van der Waals surface area contributed by atoms with Crippen LogP contribution < -0.4 is 5.32 Å². The third kappa shape index (κ3) is 5.81. The fourth-order valence-electron chi connectivity index (χ4n) is 4.58. The summed E-state index contributed by atoms with van der Waals surface area (Å²) in [5, 5.41) is 14.5. The summed E-state index contributed by atoms with van der Waals surface area (Å²) in [6.45, 7) is 1.41. The van der Waals surface area contributed by atoms with Gasteiger partial charge in [0.2, 0.25) is 11.8 Å². The molecule has 1 aromatic heterocycles. The van der Waals surface area contributed by atoms with Crippen molar-refractivity contribution in [3.05, 3.63) is 66.2 Å². The number of H-pyrrole nitrogens is 1. The summed E-state index contributed by atoms with van der Waals surface area (Å²) >= 11 is 0. The van der Waals surface area contributed by atoms with E-state index in [4.69, 9.17) is 0 Å². The number of likely N-dealkylation sites (tertiary alicyclic amines) is 1. The Hall–Kier alpha value is -3.68. The molecule has 0 saturated carbocycles. The SMILES string of the molecule is O=C(N[C@@H](Cc1cnc[nH]1)C(=O)O)C(CC(=O)N1CCCCC1)Cc1cccc2ccccc12. The Morgan fingerprint density at radius 2 is 1.79 bits per heavy atom. The number of carbonyl (C=O) groups excluding carboxylic acids is 2. The number of amides is 2. The van der Waals surface area contributed by atoms with Crippen LogP contribution in [0, 0.1) is 5.92 Å². The Morgan fingerprint density at radius 1 is 1.03 bits per heavy atom. The number of nitrogens with one attached hydrogen (secondary N) is 2. The zero-order chi connectivity index (χ0) is 23.9. The van der Waals surface area contributed by atoms with E-state index < -0.39 is 23.8 Å². The normalized spacial score (nSPS) is 15.6. The van der Waals surface area contributed by atoms with E-state index in [0.717, 1.165) is 35.6 Å². The number of aliphatic carboxylic acids is 1. The summed E-state index contributed by atoms with van der Waals surface area (Å²) in [6, 6.07) is 12.7. The lowest BCUT2D eigenvalue weighted by molar-refractivity contribution is -0.143. The molecule has 2 atom stereocenters. The molecule has 1 fully saturated rings. The van der Waals surface area contributed by atoms with Gasteiger partial charge in [0.05, 0.1) is 12.2 Å². The van der Waals surface area contributed by atoms with Gasteiger partial charge in [0.1, 0.15) is 6.04 Å². The Kier molecular flexibility index (Phi) is 7.57. The number of imidazole rings is 1. The number of benzene rings is 2. The van der Waals surface area contributed by atoms with Crippen LogP contribution in [0.1, 0.15) is 36.9 Å². The van der Waals surface area contributed by atoms with Gasteiger partial charge in [-0.2, -0.15) is 0 Å². The number of piperidine rings is 1. The van der Waals surface area contributed by atoms with Crippen LogP contribution in [0.2, 0.25) is 0 Å². The third-order valence-electron chi connectivity index (χ3n) is 6.44. The lowest BCUT2D eigenvalue weighted by Crippen LogP contribution is -2.47. The van der Waals surface area contributed by atoms with Crippen LogP contribution in [0.25, 0.3) is 10.8 Å². The Balaban J connectivity index is 1.55. The number of hydrogen-bond donors (Lipinski definition) is 3. The van der Waals surface area contributed by atoms with Crippen LogP contribution in [0.4, 0.5) is 0 Å². The van der Waals surface area contributed by atoms with Crippen molar-refractivity contribution in [1.29, 1.82) is 0 Å². The summed E-state index contributed by atoms with van der Waals surface area (Å²) in [6.07, 6.45) is 6.54. The summed E-state index contributed by atoms with van der Waals surface area (Å²) in [5.41, 5.74) is 1.58. The van der Waals surface area contributed by atoms with Gasteiger partial charge in [0, 0.05) is 37.8 Å². The predicted molar refractivity (Wildman–Crippen MR) is 128 cm³/mol. The standard InChI is InChI=1S/C26H30N4O4/c31-24(30-11-4-1-5-12-30)14-20(13-19-9-6-8-18-7-2-3-10-22(18)19)25(32)29-23(26(33)34)15-21-16-27-17-28-21/h2-3,6-10,16-17,20,23H,1,4-5,11-15H2,(H,27,28)(H,29,32)(H,33,34)/t20?,23-/m0/s1. The number of carboxylic acid groups (broad SMARTS) is 1. The second-order valence-corrected chi connectivity index (χ2v) is 8.87. The van der Waals surface area contributed by atoms with E-state index >= 15 is 0 Å². The van der Waals surface area contributed by atoms with E-state index in [-0.39, 0.29) is 18.7 Å². The molecule has 2 amide bonds. The molecule has 0 spiro atoms. The number of fused-ring (bicyclic) bond motifs is 1. The molecule has 3 aromatic rings. The summed E-state index contributed by atoms with van der Waals surface area (Å²) in [4.78, 5) is 46.9. The first-order valence-corrected chi connectivity index (χ1v) is 11.8. The first-order chi connectivity index (χ1) is 16.5. The monoisotopic (exact) mass is 462 g/mol. The minimum absolute atomic E-state index is 0.0471. The molecule has 178 valence electrons. The molecule has 1 unspecified atom stereocenters. The van der Waals surface area contributed by atoms with E-state index in [1.165, 1.54) is 12.5 Å². The second kappa shape index (κ2) is 11.0. The lowest BCUT2D eigenvalue weighted by Gasteiger charge is -2.28. The van der Waals surface area contributed by atoms with Gasteiger partial charge < -0.3 is 20.3 Å². The van der Waals surface area contributed by atoms with Gasteiger partial charge in [-0.3, -0.25) is 9.59 Å². The molecule has 34 heavy (non-hydrogen) atoms. The molecular formula is C26H30N4O4. The molecule has 3 N–H and O–H groups in total. The third-order valence-corrected chi connectivity index (χ3v) is 6.44. The summed E-state index contributed by atoms with van der Waals surface area (Å²) < 4.78 is 0. The largest absolute Gasteiger partial charge is 0.480 e. The Bertz CT molecular complexity index is 1130. The Labute approximate surface area is 198 Å². The summed E-state index contributed by atoms with van der Waals surface area (Å²) in [5.74, 6) is -2.29. The zero-order valence-electron chi connectivity index (χ0n) is 19.1. The van der Waals surface area contributed by atoms with Gasteiger partial charge in [-0.05, 0) is 42.0 Å². The minimum atomic E-state index is -1.13. The highest BCUT2D eigenvalue weighted by molar-refractivity contribution is 5.90. The van der Waals surface area contributed by atoms with Crippen molar-refractivity contribution < 1.29 is 19.5 Å². The predicted octanol–water partition coefficient (Wildman–Crippen LogP) is 2.94. The molecule has 8 heteroatoms. The first kappa shape index (κ1) is 23.5. The summed E-state index contributed by atoms with van der Waals surface area (Å²) in [7, 11) is 0. The van der Waals surface area contributed by atoms with Crippen molar-refractivity contribution in [3.63, 3.8) is 0 Å². The number of hydrogen-bond acceptors (Lipinski definition) is 4. The van der Waals surface area contributed by atoms with E-state index in [2.05, 4.69) is 15.3 Å². The maximum absolute atomic E-state index is 13.4. The molecule has 2 aromatic carbocycles. The quantitative estimate of drug-likeness (QED) is 0.452. The van der Waals surface area contributed by atoms with E-state index in [9.17, 15) is 19.5 Å². The molecular weight excluding hydrogens is 432 g/mol. The Morgan fingerprint density at radius 3 is 2.53 bits per heavy atom.